The molecule has 0 saturated carbocycles. The fraction of sp³-hybridized carbons (Fsp3) is 0.556. The second-order valence-electron chi connectivity index (χ2n) is 3.51. The number of hydrogen-bond acceptors (Lipinski definition) is 0. The molecule has 0 aliphatic carbocycles. The number of quaternary nitrogens is 1. The quantitative estimate of drug-likeness (QED) is 0.450. The van der Waals surface area contributed by atoms with E-state index < -0.39 is 0 Å². The lowest BCUT2D eigenvalue weighted by Crippen LogP contribution is -2.32. The van der Waals surface area contributed by atoms with E-state index in [9.17, 15) is 0 Å². The molecule has 0 fully saturated rings. The van der Waals surface area contributed by atoms with Crippen LogP contribution in [0, 0.1) is 0 Å². The van der Waals surface area contributed by atoms with Crippen LogP contribution in [0.5, 0.6) is 0 Å². The fourth-order valence-electron chi connectivity index (χ4n) is 1.28. The SMILES string of the molecule is CC1=CC(C)=C(C)[N+]1(C)C. The molecule has 0 saturated heterocycles. The molecule has 1 aliphatic heterocycles. The van der Waals surface area contributed by atoms with Crippen molar-refractivity contribution < 1.29 is 4.48 Å². The summed E-state index contributed by atoms with van der Waals surface area (Å²) in [5, 5.41) is 0. The van der Waals surface area contributed by atoms with Crippen molar-refractivity contribution in [3.63, 3.8) is 0 Å². The minimum absolute atomic E-state index is 0.950. The number of rotatable bonds is 0. The third-order valence-electron chi connectivity index (χ3n) is 2.72. The van der Waals surface area contributed by atoms with Gasteiger partial charge in [0.1, 0.15) is 11.4 Å². The minimum atomic E-state index is 0.950. The maximum atomic E-state index is 2.26. The topological polar surface area (TPSA) is 0 Å². The Balaban J connectivity index is 3.11. The molecule has 0 aromatic carbocycles. The summed E-state index contributed by atoms with van der Waals surface area (Å²) in [6.45, 7) is 6.55. The molecule has 1 nitrogen and oxygen atoms in total. The second kappa shape index (κ2) is 1.96. The molecule has 0 radical (unpaired) electrons. The molecule has 0 aromatic heterocycles. The van der Waals surface area contributed by atoms with Gasteiger partial charge in [0.05, 0.1) is 14.1 Å². The van der Waals surface area contributed by atoms with Crippen molar-refractivity contribution in [2.75, 3.05) is 14.1 Å². The summed E-state index contributed by atoms with van der Waals surface area (Å²) in [5.41, 5.74) is 4.30. The first-order valence-electron chi connectivity index (χ1n) is 3.67. The molecule has 0 aromatic rings. The van der Waals surface area contributed by atoms with E-state index in [-0.39, 0.29) is 0 Å². The first-order valence-corrected chi connectivity index (χ1v) is 3.67. The molecule has 0 unspecified atom stereocenters. The lowest BCUT2D eigenvalue weighted by atomic mass is 10.2. The van der Waals surface area contributed by atoms with Crippen LogP contribution in [0.3, 0.4) is 0 Å². The second-order valence-corrected chi connectivity index (χ2v) is 3.51. The largest absolute Gasteiger partial charge is 0.271 e. The zero-order chi connectivity index (χ0) is 7.94. The van der Waals surface area contributed by atoms with Gasteiger partial charge in [-0.05, 0) is 6.92 Å². The highest BCUT2D eigenvalue weighted by molar-refractivity contribution is 5.26. The molecule has 0 atom stereocenters. The van der Waals surface area contributed by atoms with E-state index in [1.807, 2.05) is 0 Å². The summed E-state index contributed by atoms with van der Waals surface area (Å²) in [4.78, 5) is 0. The van der Waals surface area contributed by atoms with Gasteiger partial charge in [0.25, 0.3) is 0 Å². The van der Waals surface area contributed by atoms with Gasteiger partial charge in [-0.3, -0.25) is 4.48 Å². The molecule has 1 heterocycles. The average molecular weight is 138 g/mol. The zero-order valence-corrected chi connectivity index (χ0v) is 7.52. The van der Waals surface area contributed by atoms with Gasteiger partial charge in [-0.1, -0.05) is 0 Å². The minimum Gasteiger partial charge on any atom is -0.271 e. The lowest BCUT2D eigenvalue weighted by Gasteiger charge is -2.26. The van der Waals surface area contributed by atoms with Gasteiger partial charge in [0.2, 0.25) is 0 Å². The number of hydrogen-bond donors (Lipinski definition) is 0. The van der Waals surface area contributed by atoms with Gasteiger partial charge in [0.15, 0.2) is 0 Å². The van der Waals surface area contributed by atoms with Gasteiger partial charge >= 0.3 is 0 Å². The first-order chi connectivity index (χ1) is 4.46. The monoisotopic (exact) mass is 138 g/mol. The van der Waals surface area contributed by atoms with Crippen molar-refractivity contribution in [3.8, 4) is 0 Å². The lowest BCUT2D eigenvalue weighted by molar-refractivity contribution is -0.810. The van der Waals surface area contributed by atoms with Crippen LogP contribution in [0.4, 0.5) is 0 Å². The Kier molecular flexibility index (Phi) is 1.48. The van der Waals surface area contributed by atoms with Crippen molar-refractivity contribution in [1.82, 2.24) is 0 Å². The van der Waals surface area contributed by atoms with Crippen LogP contribution in [0.2, 0.25) is 0 Å². The highest BCUT2D eigenvalue weighted by Gasteiger charge is 2.27. The van der Waals surface area contributed by atoms with E-state index >= 15 is 0 Å². The number of nitrogens with zero attached hydrogens (tertiary/aromatic N) is 1. The van der Waals surface area contributed by atoms with Crippen LogP contribution in [-0.2, 0) is 0 Å². The summed E-state index contributed by atoms with van der Waals surface area (Å²) in [7, 11) is 4.44. The molecule has 0 spiro atoms. The maximum Gasteiger partial charge on any atom is 0.113 e. The van der Waals surface area contributed by atoms with Crippen LogP contribution < -0.4 is 0 Å². The van der Waals surface area contributed by atoms with Gasteiger partial charge < -0.3 is 0 Å². The van der Waals surface area contributed by atoms with Gasteiger partial charge in [0, 0.05) is 25.5 Å². The van der Waals surface area contributed by atoms with Crippen molar-refractivity contribution in [2.24, 2.45) is 0 Å². The smallest absolute Gasteiger partial charge is 0.113 e. The van der Waals surface area contributed by atoms with E-state index in [4.69, 9.17) is 0 Å². The summed E-state index contributed by atoms with van der Waals surface area (Å²) in [5.74, 6) is 0. The predicted octanol–water partition coefficient (Wildman–Crippen LogP) is 2.27. The maximum absolute atomic E-state index is 2.26. The van der Waals surface area contributed by atoms with E-state index in [1.165, 1.54) is 17.0 Å². The summed E-state index contributed by atoms with van der Waals surface area (Å²) in [6, 6.07) is 0. The highest BCUT2D eigenvalue weighted by atomic mass is 15.3. The Morgan fingerprint density at radius 1 is 1.10 bits per heavy atom. The van der Waals surface area contributed by atoms with E-state index in [2.05, 4.69) is 40.9 Å². The molecule has 1 aliphatic rings. The average Bonchev–Trinajstić information content (AvgIpc) is 1.97. The van der Waals surface area contributed by atoms with E-state index in [0.29, 0.717) is 0 Å². The Morgan fingerprint density at radius 2 is 1.60 bits per heavy atom. The Bertz CT molecular complexity index is 219. The predicted molar refractivity (Wildman–Crippen MR) is 44.2 cm³/mol. The Labute approximate surface area is 63.2 Å². The summed E-state index contributed by atoms with van der Waals surface area (Å²) >= 11 is 0. The third-order valence-corrected chi connectivity index (χ3v) is 2.72. The van der Waals surface area contributed by atoms with Crippen LogP contribution in [0.15, 0.2) is 23.0 Å². The van der Waals surface area contributed by atoms with E-state index in [0.717, 1.165) is 4.48 Å². The van der Waals surface area contributed by atoms with Crippen LogP contribution >= 0.6 is 0 Å². The highest BCUT2D eigenvalue weighted by Crippen LogP contribution is 2.29. The first kappa shape index (κ1) is 7.55. The summed E-state index contributed by atoms with van der Waals surface area (Å²) in [6.07, 6.45) is 2.26. The standard InChI is InChI=1S/C9H16N/c1-7-6-8(2)10(4,5)9(7)3/h6H,1-5H3/q+1. The third kappa shape index (κ3) is 0.816. The normalized spacial score (nSPS) is 23.5. The molecule has 0 amide bonds. The van der Waals surface area contributed by atoms with Crippen molar-refractivity contribution in [3.05, 3.63) is 23.0 Å². The molecule has 1 rings (SSSR count). The van der Waals surface area contributed by atoms with Crippen molar-refractivity contribution in [1.29, 1.82) is 0 Å². The number of allylic oxidation sites excluding steroid dienone is 4. The molecule has 10 heavy (non-hydrogen) atoms. The molecular formula is C9H16N+. The molecule has 0 N–H and O–H groups in total. The van der Waals surface area contributed by atoms with Crippen LogP contribution in [-0.4, -0.2) is 18.6 Å². The van der Waals surface area contributed by atoms with Gasteiger partial charge in [-0.25, -0.2) is 0 Å². The van der Waals surface area contributed by atoms with Crippen molar-refractivity contribution in [2.45, 2.75) is 20.8 Å². The van der Waals surface area contributed by atoms with Gasteiger partial charge in [-0.2, -0.15) is 0 Å². The fourth-order valence-corrected chi connectivity index (χ4v) is 1.28. The van der Waals surface area contributed by atoms with Crippen LogP contribution in [0.1, 0.15) is 20.8 Å². The molecule has 0 bridgehead atoms. The Hall–Kier alpha value is -0.560. The summed E-state index contributed by atoms with van der Waals surface area (Å²) < 4.78 is 0.950. The molecular weight excluding hydrogens is 122 g/mol. The molecule has 1 heteroatoms. The van der Waals surface area contributed by atoms with Crippen LogP contribution in [0.25, 0.3) is 0 Å². The van der Waals surface area contributed by atoms with Crippen molar-refractivity contribution >= 4 is 0 Å². The van der Waals surface area contributed by atoms with E-state index in [1.54, 1.807) is 0 Å². The van der Waals surface area contributed by atoms with Gasteiger partial charge in [-0.15, -0.1) is 0 Å². The zero-order valence-electron chi connectivity index (χ0n) is 7.52. The molecule has 56 valence electrons. The Morgan fingerprint density at radius 3 is 1.70 bits per heavy atom.